The Balaban J connectivity index is 1.35. The molecular weight excluding hydrogens is 332 g/mol. The molecule has 2 aliphatic rings. The number of carbonyl (C=O) groups is 1. The van der Waals surface area contributed by atoms with Crippen molar-refractivity contribution in [3.05, 3.63) is 57.8 Å². The van der Waals surface area contributed by atoms with E-state index in [1.807, 2.05) is 22.4 Å². The molecule has 1 aromatic heterocycles. The van der Waals surface area contributed by atoms with Crippen LogP contribution < -0.4 is 0 Å². The van der Waals surface area contributed by atoms with Gasteiger partial charge in [-0.2, -0.15) is 0 Å². The van der Waals surface area contributed by atoms with Crippen molar-refractivity contribution in [2.45, 2.75) is 31.4 Å². The molecule has 0 saturated carbocycles. The molecule has 1 fully saturated rings. The van der Waals surface area contributed by atoms with Crippen LogP contribution in [0.3, 0.4) is 0 Å². The molecular formula is C20H24N2O2S. The molecule has 1 amide bonds. The molecule has 4 nitrogen and oxygen atoms in total. The molecule has 3 heterocycles. The van der Waals surface area contributed by atoms with Crippen LogP contribution in [0.1, 0.15) is 22.4 Å². The minimum absolute atomic E-state index is 0.127. The fourth-order valence-electron chi connectivity index (χ4n) is 3.98. The van der Waals surface area contributed by atoms with Gasteiger partial charge in [0.2, 0.25) is 5.91 Å². The Morgan fingerprint density at radius 2 is 2.00 bits per heavy atom. The van der Waals surface area contributed by atoms with Gasteiger partial charge in [-0.15, -0.1) is 11.3 Å². The van der Waals surface area contributed by atoms with Crippen molar-refractivity contribution in [1.29, 1.82) is 0 Å². The van der Waals surface area contributed by atoms with E-state index in [1.54, 1.807) is 11.3 Å². The van der Waals surface area contributed by atoms with Crippen LogP contribution in [-0.4, -0.2) is 52.6 Å². The third-order valence-corrected chi connectivity index (χ3v) is 6.19. The maximum atomic E-state index is 12.5. The highest BCUT2D eigenvalue weighted by atomic mass is 32.1. The number of likely N-dealkylation sites (tertiary alicyclic amines) is 1. The van der Waals surface area contributed by atoms with E-state index in [9.17, 15) is 9.90 Å². The molecule has 0 spiro atoms. The number of fused-ring (bicyclic) bond motifs is 1. The van der Waals surface area contributed by atoms with E-state index >= 15 is 0 Å². The highest BCUT2D eigenvalue weighted by molar-refractivity contribution is 7.10. The Kier molecular flexibility index (Phi) is 4.63. The first-order chi connectivity index (χ1) is 12.1. The molecule has 25 heavy (non-hydrogen) atoms. The van der Waals surface area contributed by atoms with Gasteiger partial charge in [0.1, 0.15) is 0 Å². The van der Waals surface area contributed by atoms with Gasteiger partial charge >= 0.3 is 0 Å². The van der Waals surface area contributed by atoms with Gasteiger partial charge in [-0.3, -0.25) is 9.69 Å². The fourth-order valence-corrected chi connectivity index (χ4v) is 4.67. The van der Waals surface area contributed by atoms with Crippen LogP contribution in [0.5, 0.6) is 0 Å². The Morgan fingerprint density at radius 3 is 2.80 bits per heavy atom. The average molecular weight is 356 g/mol. The number of carbonyl (C=O) groups excluding carboxylic acids is 1. The smallest absolute Gasteiger partial charge is 0.227 e. The van der Waals surface area contributed by atoms with Gasteiger partial charge in [0.15, 0.2) is 0 Å². The zero-order valence-electron chi connectivity index (χ0n) is 14.4. The van der Waals surface area contributed by atoms with Crippen molar-refractivity contribution in [1.82, 2.24) is 9.80 Å². The standard InChI is InChI=1S/C20H24N2O2S/c23-19(12-18-6-3-11-25-18)22-10-8-20(24,15-22)14-21-9-7-16-4-1-2-5-17(16)13-21/h1-6,11,24H,7-10,12-15H2. The third kappa shape index (κ3) is 3.78. The number of hydrogen-bond donors (Lipinski definition) is 1. The first kappa shape index (κ1) is 16.8. The van der Waals surface area contributed by atoms with Gasteiger partial charge < -0.3 is 10.0 Å². The second kappa shape index (κ2) is 6.90. The normalized spacial score (nSPS) is 23.6. The lowest BCUT2D eigenvalue weighted by Gasteiger charge is -2.34. The van der Waals surface area contributed by atoms with Crippen molar-refractivity contribution >= 4 is 17.2 Å². The molecule has 1 atom stereocenters. The third-order valence-electron chi connectivity index (χ3n) is 5.32. The van der Waals surface area contributed by atoms with Crippen LogP contribution in [-0.2, 0) is 24.2 Å². The zero-order valence-corrected chi connectivity index (χ0v) is 15.2. The molecule has 1 N–H and O–H groups in total. The molecule has 2 aliphatic heterocycles. The summed E-state index contributed by atoms with van der Waals surface area (Å²) in [5, 5.41) is 13.0. The van der Waals surface area contributed by atoms with Gasteiger partial charge in [0, 0.05) is 31.1 Å². The van der Waals surface area contributed by atoms with Crippen molar-refractivity contribution < 1.29 is 9.90 Å². The zero-order chi connectivity index (χ0) is 17.3. The summed E-state index contributed by atoms with van der Waals surface area (Å²) in [6, 6.07) is 12.5. The molecule has 5 heteroatoms. The average Bonchev–Trinajstić information content (AvgIpc) is 3.24. The monoisotopic (exact) mass is 356 g/mol. The first-order valence-corrected chi connectivity index (χ1v) is 9.81. The van der Waals surface area contributed by atoms with Crippen molar-refractivity contribution in [2.75, 3.05) is 26.2 Å². The van der Waals surface area contributed by atoms with E-state index in [0.29, 0.717) is 32.5 Å². The number of amides is 1. The summed E-state index contributed by atoms with van der Waals surface area (Å²) >= 11 is 1.61. The molecule has 132 valence electrons. The van der Waals surface area contributed by atoms with Crippen LogP contribution in [0.15, 0.2) is 41.8 Å². The van der Waals surface area contributed by atoms with Crippen LogP contribution in [0.4, 0.5) is 0 Å². The highest BCUT2D eigenvalue weighted by Gasteiger charge is 2.39. The SMILES string of the molecule is O=C(Cc1cccs1)N1CCC(O)(CN2CCc3ccccc3C2)C1. The quantitative estimate of drug-likeness (QED) is 0.914. The summed E-state index contributed by atoms with van der Waals surface area (Å²) in [5.74, 6) is 0.127. The molecule has 1 aromatic carbocycles. The topological polar surface area (TPSA) is 43.8 Å². The molecule has 4 rings (SSSR count). The minimum atomic E-state index is -0.780. The summed E-state index contributed by atoms with van der Waals surface area (Å²) < 4.78 is 0. The van der Waals surface area contributed by atoms with Crippen LogP contribution in [0, 0.1) is 0 Å². The molecule has 1 saturated heterocycles. The van der Waals surface area contributed by atoms with Crippen LogP contribution >= 0.6 is 11.3 Å². The molecule has 1 unspecified atom stereocenters. The summed E-state index contributed by atoms with van der Waals surface area (Å²) in [4.78, 5) is 17.7. The van der Waals surface area contributed by atoms with E-state index < -0.39 is 5.60 Å². The molecule has 0 radical (unpaired) electrons. The van der Waals surface area contributed by atoms with Crippen LogP contribution in [0.25, 0.3) is 0 Å². The van der Waals surface area contributed by atoms with E-state index in [4.69, 9.17) is 0 Å². The van der Waals surface area contributed by atoms with E-state index in [0.717, 1.165) is 24.4 Å². The van der Waals surface area contributed by atoms with Crippen molar-refractivity contribution in [3.8, 4) is 0 Å². The number of thiophene rings is 1. The summed E-state index contributed by atoms with van der Waals surface area (Å²) in [6.45, 7) is 3.62. The molecule has 2 aromatic rings. The largest absolute Gasteiger partial charge is 0.387 e. The maximum absolute atomic E-state index is 12.5. The predicted octanol–water partition coefficient (Wildman–Crippen LogP) is 2.31. The lowest BCUT2D eigenvalue weighted by Crippen LogP contribution is -2.47. The summed E-state index contributed by atoms with van der Waals surface area (Å²) in [6.07, 6.45) is 2.15. The minimum Gasteiger partial charge on any atom is -0.387 e. The van der Waals surface area contributed by atoms with Gasteiger partial charge in [-0.1, -0.05) is 30.3 Å². The summed E-state index contributed by atoms with van der Waals surface area (Å²) in [7, 11) is 0. The number of nitrogens with zero attached hydrogens (tertiary/aromatic N) is 2. The van der Waals surface area contributed by atoms with Gasteiger partial charge in [0.25, 0.3) is 0 Å². The lowest BCUT2D eigenvalue weighted by molar-refractivity contribution is -0.130. The lowest BCUT2D eigenvalue weighted by atomic mass is 9.97. The Morgan fingerprint density at radius 1 is 1.16 bits per heavy atom. The predicted molar refractivity (Wildman–Crippen MR) is 99.6 cm³/mol. The van der Waals surface area contributed by atoms with Crippen LogP contribution in [0.2, 0.25) is 0 Å². The number of β-amino-alcohol motifs (C(OH)–C–C–N with tert-alkyl or cyclic N) is 1. The van der Waals surface area contributed by atoms with Gasteiger partial charge in [-0.25, -0.2) is 0 Å². The Bertz CT molecular complexity index is 746. The number of rotatable bonds is 4. The number of benzene rings is 1. The number of aliphatic hydroxyl groups is 1. The van der Waals surface area contributed by atoms with Gasteiger partial charge in [0.05, 0.1) is 18.6 Å². The van der Waals surface area contributed by atoms with Crippen molar-refractivity contribution in [2.24, 2.45) is 0 Å². The number of hydrogen-bond acceptors (Lipinski definition) is 4. The highest BCUT2D eigenvalue weighted by Crippen LogP contribution is 2.26. The van der Waals surface area contributed by atoms with Gasteiger partial charge in [-0.05, 0) is 35.4 Å². The van der Waals surface area contributed by atoms with Crippen molar-refractivity contribution in [3.63, 3.8) is 0 Å². The second-order valence-corrected chi connectivity index (χ2v) is 8.31. The molecule has 0 aliphatic carbocycles. The van der Waals surface area contributed by atoms with E-state index in [1.165, 1.54) is 11.1 Å². The second-order valence-electron chi connectivity index (χ2n) is 7.28. The van der Waals surface area contributed by atoms with E-state index in [2.05, 4.69) is 29.2 Å². The maximum Gasteiger partial charge on any atom is 0.227 e. The molecule has 0 bridgehead atoms. The fraction of sp³-hybridized carbons (Fsp3) is 0.450. The Labute approximate surface area is 152 Å². The first-order valence-electron chi connectivity index (χ1n) is 8.93. The summed E-state index contributed by atoms with van der Waals surface area (Å²) in [5.41, 5.74) is 2.00. The Hall–Kier alpha value is -1.69. The van der Waals surface area contributed by atoms with E-state index in [-0.39, 0.29) is 5.91 Å².